The lowest BCUT2D eigenvalue weighted by atomic mass is 10.1. The monoisotopic (exact) mass is 385 g/mol. The number of hydrogen-bond donors (Lipinski definition) is 3. The number of benzene rings is 1. The molecule has 3 rings (SSSR count). The summed E-state index contributed by atoms with van der Waals surface area (Å²) < 4.78 is 5.68. The maximum absolute atomic E-state index is 10.0. The Labute approximate surface area is 164 Å². The van der Waals surface area contributed by atoms with Gasteiger partial charge in [-0.05, 0) is 49.9 Å². The molecule has 1 atom stereocenters. The predicted octanol–water partition coefficient (Wildman–Crippen LogP) is 3.86. The molecule has 0 amide bonds. The molecule has 5 nitrogen and oxygen atoms in total. The first-order chi connectivity index (χ1) is 12.9. The average molecular weight is 386 g/mol. The molecular formula is C21H27N3O2S. The minimum absolute atomic E-state index is 0.0160. The number of rotatable bonds is 8. The van der Waals surface area contributed by atoms with Crippen molar-refractivity contribution in [2.75, 3.05) is 13.2 Å². The third-order valence-corrected chi connectivity index (χ3v) is 4.90. The van der Waals surface area contributed by atoms with E-state index in [9.17, 15) is 5.11 Å². The van der Waals surface area contributed by atoms with Gasteiger partial charge in [0.05, 0.1) is 10.6 Å². The lowest BCUT2D eigenvalue weighted by Crippen LogP contribution is -2.42. The molecule has 2 aromatic heterocycles. The molecule has 27 heavy (non-hydrogen) atoms. The normalized spacial score (nSPS) is 12.9. The van der Waals surface area contributed by atoms with Gasteiger partial charge in [0.25, 0.3) is 0 Å². The van der Waals surface area contributed by atoms with Crippen LogP contribution in [0.4, 0.5) is 0 Å². The van der Waals surface area contributed by atoms with Gasteiger partial charge in [-0.15, -0.1) is 11.3 Å². The quantitative estimate of drug-likeness (QED) is 0.551. The molecule has 0 aliphatic rings. The number of thiophene rings is 1. The number of ether oxygens (including phenoxy) is 1. The van der Waals surface area contributed by atoms with Gasteiger partial charge in [0, 0.05) is 24.7 Å². The molecule has 1 aromatic carbocycles. The fraction of sp³-hybridized carbons (Fsp3) is 0.381. The molecule has 0 saturated heterocycles. The fourth-order valence-corrected chi connectivity index (χ4v) is 3.26. The Morgan fingerprint density at radius 3 is 2.67 bits per heavy atom. The lowest BCUT2D eigenvalue weighted by Gasteiger charge is -2.23. The maximum Gasteiger partial charge on any atom is 0.119 e. The molecule has 6 heteroatoms. The maximum atomic E-state index is 10.0. The van der Waals surface area contributed by atoms with E-state index >= 15 is 0 Å². The second kappa shape index (κ2) is 8.69. The van der Waals surface area contributed by atoms with E-state index in [0.717, 1.165) is 29.3 Å². The van der Waals surface area contributed by atoms with Crippen LogP contribution in [0.15, 0.2) is 48.0 Å². The lowest BCUT2D eigenvalue weighted by molar-refractivity contribution is 0.100. The van der Waals surface area contributed by atoms with Crippen LogP contribution < -0.4 is 10.1 Å². The zero-order valence-electron chi connectivity index (χ0n) is 16.0. The molecule has 144 valence electrons. The van der Waals surface area contributed by atoms with Crippen LogP contribution in [0.2, 0.25) is 0 Å². The first kappa shape index (κ1) is 19.6. The van der Waals surface area contributed by atoms with E-state index in [0.29, 0.717) is 6.54 Å². The van der Waals surface area contributed by atoms with Crippen molar-refractivity contribution in [3.05, 3.63) is 59.4 Å². The number of aliphatic hydroxyl groups is 1. The van der Waals surface area contributed by atoms with Crippen LogP contribution in [0.1, 0.15) is 32.2 Å². The fourth-order valence-electron chi connectivity index (χ4n) is 2.57. The number of H-pyrrole nitrogens is 1. The highest BCUT2D eigenvalue weighted by Gasteiger charge is 2.12. The molecule has 0 aliphatic heterocycles. The molecule has 3 aromatic rings. The van der Waals surface area contributed by atoms with Gasteiger partial charge in [0.2, 0.25) is 0 Å². The Morgan fingerprint density at radius 2 is 2.00 bits per heavy atom. The summed E-state index contributed by atoms with van der Waals surface area (Å²) in [5, 5.41) is 15.3. The SMILES string of the molecule is CC(C)(C)NC[C@H](O)COc1ccc(Cc2nc(-c3cccs3)c[nH]2)cc1. The van der Waals surface area contributed by atoms with Crippen molar-refractivity contribution in [1.82, 2.24) is 15.3 Å². The van der Waals surface area contributed by atoms with Crippen molar-refractivity contribution < 1.29 is 9.84 Å². The van der Waals surface area contributed by atoms with Crippen LogP contribution in [-0.2, 0) is 6.42 Å². The molecule has 2 heterocycles. The van der Waals surface area contributed by atoms with E-state index in [-0.39, 0.29) is 12.1 Å². The van der Waals surface area contributed by atoms with Crippen molar-refractivity contribution in [3.63, 3.8) is 0 Å². The highest BCUT2D eigenvalue weighted by Crippen LogP contribution is 2.23. The minimum Gasteiger partial charge on any atom is -0.491 e. The summed E-state index contributed by atoms with van der Waals surface area (Å²) in [6.45, 7) is 6.99. The smallest absolute Gasteiger partial charge is 0.119 e. The molecule has 0 spiro atoms. The standard InChI is InChI=1S/C21H27N3O2S/c1-21(2,3)23-12-16(25)14-26-17-8-6-15(7-9-17)11-20-22-13-18(24-20)19-5-4-10-27-19/h4-10,13,16,23,25H,11-12,14H2,1-3H3,(H,22,24)/t16-/m0/s1. The Balaban J connectivity index is 1.49. The highest BCUT2D eigenvalue weighted by atomic mass is 32.1. The zero-order chi connectivity index (χ0) is 19.3. The van der Waals surface area contributed by atoms with Crippen molar-refractivity contribution in [2.45, 2.75) is 38.8 Å². The molecular weight excluding hydrogens is 358 g/mol. The summed E-state index contributed by atoms with van der Waals surface area (Å²) in [5.74, 6) is 1.70. The van der Waals surface area contributed by atoms with E-state index in [1.165, 1.54) is 4.88 Å². The topological polar surface area (TPSA) is 70.2 Å². The molecule has 3 N–H and O–H groups in total. The van der Waals surface area contributed by atoms with Crippen LogP contribution in [-0.4, -0.2) is 39.9 Å². The number of β-amino-alcohol motifs (C(OH)–C–C–N with tert-alkyl or cyclic N) is 1. The summed E-state index contributed by atoms with van der Waals surface area (Å²) in [4.78, 5) is 9.07. The number of aromatic nitrogens is 2. The van der Waals surface area contributed by atoms with Gasteiger partial charge in [-0.25, -0.2) is 4.98 Å². The Kier molecular flexibility index (Phi) is 6.31. The van der Waals surface area contributed by atoms with E-state index < -0.39 is 6.10 Å². The summed E-state index contributed by atoms with van der Waals surface area (Å²) in [6.07, 6.45) is 2.15. The molecule has 0 fully saturated rings. The van der Waals surface area contributed by atoms with E-state index in [2.05, 4.69) is 47.5 Å². The summed E-state index contributed by atoms with van der Waals surface area (Å²) in [6, 6.07) is 12.0. The van der Waals surface area contributed by atoms with Gasteiger partial charge in [-0.2, -0.15) is 0 Å². The van der Waals surface area contributed by atoms with Gasteiger partial charge >= 0.3 is 0 Å². The van der Waals surface area contributed by atoms with Gasteiger partial charge in [-0.3, -0.25) is 0 Å². The molecule has 0 radical (unpaired) electrons. The largest absolute Gasteiger partial charge is 0.491 e. The summed E-state index contributed by atoms with van der Waals surface area (Å²) in [7, 11) is 0. The van der Waals surface area contributed by atoms with Crippen LogP contribution in [0, 0.1) is 0 Å². The van der Waals surface area contributed by atoms with Crippen LogP contribution in [0.3, 0.4) is 0 Å². The van der Waals surface area contributed by atoms with Crippen molar-refractivity contribution in [2.24, 2.45) is 0 Å². The van der Waals surface area contributed by atoms with E-state index in [4.69, 9.17) is 4.74 Å². The Hall–Kier alpha value is -2.15. The Bertz CT molecular complexity index is 820. The molecule has 0 aliphatic carbocycles. The number of nitrogens with one attached hydrogen (secondary N) is 2. The second-order valence-corrected chi connectivity index (χ2v) is 8.57. The minimum atomic E-state index is -0.539. The summed E-state index contributed by atoms with van der Waals surface area (Å²) in [5.41, 5.74) is 2.12. The summed E-state index contributed by atoms with van der Waals surface area (Å²) >= 11 is 1.69. The van der Waals surface area contributed by atoms with Crippen LogP contribution in [0.25, 0.3) is 10.6 Å². The van der Waals surface area contributed by atoms with Gasteiger partial charge in [0.15, 0.2) is 0 Å². The highest BCUT2D eigenvalue weighted by molar-refractivity contribution is 7.13. The number of nitrogens with zero attached hydrogens (tertiary/aromatic N) is 1. The van der Waals surface area contributed by atoms with Crippen molar-refractivity contribution >= 4 is 11.3 Å². The van der Waals surface area contributed by atoms with Crippen LogP contribution in [0.5, 0.6) is 5.75 Å². The van der Waals surface area contributed by atoms with E-state index in [1.54, 1.807) is 11.3 Å². The van der Waals surface area contributed by atoms with Gasteiger partial charge in [0.1, 0.15) is 24.3 Å². The molecule has 0 saturated carbocycles. The first-order valence-corrected chi connectivity index (χ1v) is 10.00. The number of hydrogen-bond acceptors (Lipinski definition) is 5. The predicted molar refractivity (Wildman–Crippen MR) is 110 cm³/mol. The number of aliphatic hydroxyl groups excluding tert-OH is 1. The average Bonchev–Trinajstić information content (AvgIpc) is 3.30. The molecule has 0 unspecified atom stereocenters. The second-order valence-electron chi connectivity index (χ2n) is 7.63. The number of aromatic amines is 1. The third kappa shape index (κ3) is 6.20. The van der Waals surface area contributed by atoms with Gasteiger partial charge < -0.3 is 20.1 Å². The van der Waals surface area contributed by atoms with Gasteiger partial charge in [-0.1, -0.05) is 18.2 Å². The third-order valence-electron chi connectivity index (χ3n) is 4.01. The zero-order valence-corrected chi connectivity index (χ0v) is 16.8. The molecule has 0 bridgehead atoms. The van der Waals surface area contributed by atoms with E-state index in [1.807, 2.05) is 36.5 Å². The van der Waals surface area contributed by atoms with Crippen molar-refractivity contribution in [3.8, 4) is 16.3 Å². The number of imidazole rings is 1. The van der Waals surface area contributed by atoms with Crippen LogP contribution >= 0.6 is 11.3 Å². The first-order valence-electron chi connectivity index (χ1n) is 9.12. The Morgan fingerprint density at radius 1 is 1.22 bits per heavy atom. The van der Waals surface area contributed by atoms with Crippen molar-refractivity contribution in [1.29, 1.82) is 0 Å².